The number of rotatable bonds is 7. The maximum absolute atomic E-state index is 14.3. The Morgan fingerprint density at radius 3 is 2.41 bits per heavy atom. The van der Waals surface area contributed by atoms with Crippen LogP contribution in [-0.4, -0.2) is 22.7 Å². The number of carboxylic acids is 1. The minimum Gasteiger partial charge on any atom is -0.478 e. The number of nitrogens with zero attached hydrogens (tertiary/aromatic N) is 1. The Morgan fingerprint density at radius 2 is 1.77 bits per heavy atom. The lowest BCUT2D eigenvalue weighted by Gasteiger charge is -2.44. The number of hydrogen-bond acceptors (Lipinski definition) is 6. The van der Waals surface area contributed by atoms with Gasteiger partial charge in [0.15, 0.2) is 11.6 Å². The lowest BCUT2D eigenvalue weighted by Crippen LogP contribution is -2.51. The van der Waals surface area contributed by atoms with E-state index in [9.17, 15) is 18.7 Å². The number of carboxylic acid groups (broad SMARTS) is 1. The van der Waals surface area contributed by atoms with Crippen molar-refractivity contribution in [3.05, 3.63) is 81.8 Å². The van der Waals surface area contributed by atoms with E-state index in [0.29, 0.717) is 32.4 Å². The number of hydrogen-bond donors (Lipinski definition) is 3. The second-order valence-electron chi connectivity index (χ2n) is 10.1. The number of aromatic carboxylic acids is 1. The summed E-state index contributed by atoms with van der Waals surface area (Å²) in [4.78, 5) is 16.1. The SMILES string of the molecule is O=C(O)c1cnc(OCC(C2CCCCC2)C2(c3ccc(Cl)cc3)Nc3cc(F)c(F)cc3N2)c2ccsc12. The quantitative estimate of drug-likeness (QED) is 0.210. The summed E-state index contributed by atoms with van der Waals surface area (Å²) in [5.74, 6) is -2.50. The Kier molecular flexibility index (Phi) is 6.81. The highest BCUT2D eigenvalue weighted by Crippen LogP contribution is 2.49. The van der Waals surface area contributed by atoms with Crippen molar-refractivity contribution in [2.24, 2.45) is 11.8 Å². The summed E-state index contributed by atoms with van der Waals surface area (Å²) in [6.07, 6.45) is 6.59. The first-order valence-corrected chi connectivity index (χ1v) is 14.2. The average molecular weight is 570 g/mol. The number of aromatic nitrogens is 1. The van der Waals surface area contributed by atoms with Gasteiger partial charge in [-0.1, -0.05) is 43.0 Å². The molecule has 0 spiro atoms. The van der Waals surface area contributed by atoms with E-state index in [-0.39, 0.29) is 24.0 Å². The number of thiophene rings is 1. The van der Waals surface area contributed by atoms with Gasteiger partial charge >= 0.3 is 5.97 Å². The third-order valence-electron chi connectivity index (χ3n) is 7.88. The van der Waals surface area contributed by atoms with Crippen molar-refractivity contribution >= 4 is 50.4 Å². The van der Waals surface area contributed by atoms with Gasteiger partial charge in [0.2, 0.25) is 5.88 Å². The first-order chi connectivity index (χ1) is 18.9. The molecule has 202 valence electrons. The zero-order valence-electron chi connectivity index (χ0n) is 20.8. The monoisotopic (exact) mass is 569 g/mol. The van der Waals surface area contributed by atoms with Crippen LogP contribution in [0.2, 0.25) is 5.02 Å². The largest absolute Gasteiger partial charge is 0.478 e. The molecule has 1 atom stereocenters. The minimum atomic E-state index is -1.04. The van der Waals surface area contributed by atoms with E-state index in [2.05, 4.69) is 15.6 Å². The molecule has 0 saturated heterocycles. The van der Waals surface area contributed by atoms with Crippen LogP contribution in [0.4, 0.5) is 20.2 Å². The Balaban J connectivity index is 1.43. The molecule has 2 aromatic carbocycles. The maximum Gasteiger partial charge on any atom is 0.338 e. The third kappa shape index (κ3) is 4.67. The van der Waals surface area contributed by atoms with E-state index in [1.807, 2.05) is 23.6 Å². The summed E-state index contributed by atoms with van der Waals surface area (Å²) >= 11 is 7.56. The Morgan fingerprint density at radius 1 is 1.10 bits per heavy atom. The van der Waals surface area contributed by atoms with Gasteiger partial charge in [0.25, 0.3) is 0 Å². The van der Waals surface area contributed by atoms with Crippen molar-refractivity contribution in [3.8, 4) is 5.88 Å². The summed E-state index contributed by atoms with van der Waals surface area (Å²) in [5.41, 5.74) is 0.984. The van der Waals surface area contributed by atoms with Crippen molar-refractivity contribution < 1.29 is 23.4 Å². The third-order valence-corrected chi connectivity index (χ3v) is 9.08. The molecular weight excluding hydrogens is 544 g/mol. The van der Waals surface area contributed by atoms with Crippen molar-refractivity contribution in [1.82, 2.24) is 4.98 Å². The number of ether oxygens (including phenoxy) is 1. The summed E-state index contributed by atoms with van der Waals surface area (Å²) in [7, 11) is 0. The molecule has 6 nitrogen and oxygen atoms in total. The molecule has 3 heterocycles. The van der Waals surface area contributed by atoms with E-state index in [0.717, 1.165) is 37.7 Å². The van der Waals surface area contributed by atoms with E-state index >= 15 is 0 Å². The Bertz CT molecular complexity index is 1510. The maximum atomic E-state index is 14.3. The average Bonchev–Trinajstić information content (AvgIpc) is 3.56. The topological polar surface area (TPSA) is 83.5 Å². The van der Waals surface area contributed by atoms with Crippen LogP contribution in [0.1, 0.15) is 48.0 Å². The molecule has 6 rings (SSSR count). The fourth-order valence-corrected chi connectivity index (χ4v) is 7.01. The lowest BCUT2D eigenvalue weighted by atomic mass is 9.72. The predicted octanol–water partition coefficient (Wildman–Crippen LogP) is 7.89. The fourth-order valence-electron chi connectivity index (χ4n) is 5.99. The number of benzene rings is 2. The molecule has 2 aromatic heterocycles. The van der Waals surface area contributed by atoms with E-state index in [4.69, 9.17) is 16.3 Å². The number of pyridine rings is 1. The molecule has 1 aliphatic carbocycles. The van der Waals surface area contributed by atoms with Crippen molar-refractivity contribution in [3.63, 3.8) is 0 Å². The summed E-state index contributed by atoms with van der Waals surface area (Å²) in [6.45, 7) is 0.233. The Hall–Kier alpha value is -3.43. The van der Waals surface area contributed by atoms with Gasteiger partial charge in [0.1, 0.15) is 5.66 Å². The van der Waals surface area contributed by atoms with Crippen LogP contribution < -0.4 is 15.4 Å². The highest BCUT2D eigenvalue weighted by Gasteiger charge is 2.49. The second kappa shape index (κ2) is 10.3. The highest BCUT2D eigenvalue weighted by molar-refractivity contribution is 7.17. The van der Waals surface area contributed by atoms with Crippen LogP contribution in [0.25, 0.3) is 10.1 Å². The summed E-state index contributed by atoms with van der Waals surface area (Å²) in [5, 5.41) is 19.6. The van der Waals surface area contributed by atoms with Gasteiger partial charge in [-0.25, -0.2) is 18.6 Å². The smallest absolute Gasteiger partial charge is 0.338 e. The van der Waals surface area contributed by atoms with Crippen molar-refractivity contribution in [2.45, 2.75) is 37.8 Å². The molecular formula is C29H26ClF2N3O3S. The first-order valence-electron chi connectivity index (χ1n) is 12.9. The van der Waals surface area contributed by atoms with Crippen molar-refractivity contribution in [2.75, 3.05) is 17.2 Å². The molecule has 0 bridgehead atoms. The minimum absolute atomic E-state index is 0.132. The molecule has 1 unspecified atom stereocenters. The zero-order chi connectivity index (χ0) is 27.1. The van der Waals surface area contributed by atoms with Crippen LogP contribution in [-0.2, 0) is 5.66 Å². The van der Waals surface area contributed by atoms with Crippen LogP contribution in [0.5, 0.6) is 5.88 Å². The Labute approximate surface area is 233 Å². The second-order valence-corrected chi connectivity index (χ2v) is 11.5. The number of nitrogens with one attached hydrogen (secondary N) is 2. The molecule has 0 amide bonds. The first kappa shape index (κ1) is 25.8. The molecule has 2 aliphatic rings. The highest BCUT2D eigenvalue weighted by atomic mass is 35.5. The van der Waals surface area contributed by atoms with Gasteiger partial charge in [-0.05, 0) is 47.9 Å². The molecule has 10 heteroatoms. The molecule has 1 fully saturated rings. The van der Waals surface area contributed by atoms with Crippen LogP contribution in [0.15, 0.2) is 54.0 Å². The van der Waals surface area contributed by atoms with Crippen LogP contribution in [0, 0.1) is 23.5 Å². The van der Waals surface area contributed by atoms with Crippen molar-refractivity contribution in [1.29, 1.82) is 0 Å². The molecule has 39 heavy (non-hydrogen) atoms. The van der Waals surface area contributed by atoms with Gasteiger partial charge in [-0.2, -0.15) is 0 Å². The number of fused-ring (bicyclic) bond motifs is 2. The number of halogens is 3. The van der Waals surface area contributed by atoms with Gasteiger partial charge in [0, 0.05) is 29.3 Å². The molecule has 1 saturated carbocycles. The predicted molar refractivity (Wildman–Crippen MR) is 149 cm³/mol. The molecule has 3 N–H and O–H groups in total. The molecule has 1 aliphatic heterocycles. The standard InChI is InChI=1S/C29H26ClF2N3O3S/c30-18-8-6-17(7-9-18)29(34-24-12-22(31)23(32)13-25(24)35-29)21(16-4-2-1-3-5-16)15-38-27-19-10-11-39-26(19)20(14-33-27)28(36)37/h6-14,16,21,34-35H,1-5,15H2,(H,36,37). The normalized spacial score (nSPS) is 17.3. The van der Waals surface area contributed by atoms with Gasteiger partial charge in [0.05, 0.1) is 33.6 Å². The van der Waals surface area contributed by atoms with Gasteiger partial charge in [-0.15, -0.1) is 11.3 Å². The molecule has 4 aromatic rings. The van der Waals surface area contributed by atoms with Crippen LogP contribution in [0.3, 0.4) is 0 Å². The molecule has 0 radical (unpaired) electrons. The van der Waals surface area contributed by atoms with E-state index in [1.54, 1.807) is 12.1 Å². The van der Waals surface area contributed by atoms with Crippen LogP contribution >= 0.6 is 22.9 Å². The summed E-state index contributed by atoms with van der Waals surface area (Å²) in [6, 6.07) is 11.6. The number of anilines is 2. The number of carbonyl (C=O) groups is 1. The van der Waals surface area contributed by atoms with E-state index < -0.39 is 23.3 Å². The van der Waals surface area contributed by atoms with E-state index in [1.165, 1.54) is 29.7 Å². The summed E-state index contributed by atoms with van der Waals surface area (Å²) < 4.78 is 35.6. The van der Waals surface area contributed by atoms with Gasteiger partial charge < -0.3 is 20.5 Å². The zero-order valence-corrected chi connectivity index (χ0v) is 22.4. The lowest BCUT2D eigenvalue weighted by molar-refractivity contribution is 0.0698. The van der Waals surface area contributed by atoms with Gasteiger partial charge in [-0.3, -0.25) is 0 Å². The fraction of sp³-hybridized carbons (Fsp3) is 0.310.